The van der Waals surface area contributed by atoms with Crippen LogP contribution in [-0.4, -0.2) is 130 Å². The van der Waals surface area contributed by atoms with Gasteiger partial charge in [-0.25, -0.2) is 29.9 Å². The average molecular weight is 1080 g/mol. The van der Waals surface area contributed by atoms with Crippen LogP contribution in [0.25, 0.3) is 78.1 Å². The number of aromatic nitrogens is 6. The molecule has 5 atom stereocenters. The number of carbonyl (C=O) groups is 4. The van der Waals surface area contributed by atoms with E-state index in [0.29, 0.717) is 103 Å². The van der Waals surface area contributed by atoms with E-state index in [9.17, 15) is 34.4 Å². The second kappa shape index (κ2) is 18.9. The topological polar surface area (TPSA) is 276 Å². The maximum absolute atomic E-state index is 14.4. The smallest absolute Gasteiger partial charge is 0.278 e. The standard InChI is InChI=1S/C60H54N14O7/c1-28-56(76)63-38-11-12-40-42(24-38)53(75)41(25-46(40)74(80)81)37-23-35-20-33-8-6-30-19-31-7-9-34-22-36-21-32-5-4-29-10-13-45(65-47(29)50(32)70-55(36)71-52(34)49(31)68-48(30)51(33)69-54(35)61-26-37)59(79)73-16-2-3-39(27-73)64-58(78)44-15-18-72-17-14-43(57(77)62-28)66-60(72)67-44/h10-13,19-26,28,39,43-44,60,66-67,75H,2-9,14-18,27H2,1H3,(H,62,77)(H,63,76)(H,64,78). The van der Waals surface area contributed by atoms with Gasteiger partial charge >= 0.3 is 0 Å². The number of benzene rings is 2. The number of hydrogen-bond donors (Lipinski definition) is 6. The molecule has 8 aliphatic rings. The third-order valence-electron chi connectivity index (χ3n) is 17.5. The number of nitro benzene ring substituents is 1. The number of phenolic OH excluding ortho intramolecular Hbond substituents is 1. The van der Waals surface area contributed by atoms with E-state index < -0.39 is 41.2 Å². The number of phenols is 1. The van der Waals surface area contributed by atoms with Crippen molar-refractivity contribution in [1.29, 1.82) is 0 Å². The summed E-state index contributed by atoms with van der Waals surface area (Å²) < 4.78 is 0. The molecule has 0 radical (unpaired) electrons. The van der Waals surface area contributed by atoms with E-state index in [1.807, 2.05) is 18.2 Å². The number of carbonyl (C=O) groups excluding carboxylic acids is 4. The molecule has 6 N–H and O–H groups in total. The molecule has 20 bridgehead atoms. The van der Waals surface area contributed by atoms with Crippen LogP contribution in [0, 0.1) is 10.1 Å². The Balaban J connectivity index is 0.810. The Labute approximate surface area is 462 Å². The van der Waals surface area contributed by atoms with Crippen LogP contribution in [0.5, 0.6) is 5.75 Å². The number of fused-ring (bicyclic) bond motifs is 6. The Morgan fingerprint density at radius 3 is 1.90 bits per heavy atom. The number of nitrogens with zero attached hydrogens (tertiary/aromatic N) is 9. The first-order chi connectivity index (χ1) is 39.3. The fraction of sp³-hybridized carbons (Fsp3) is 0.333. The zero-order valence-corrected chi connectivity index (χ0v) is 44.1. The normalized spacial score (nSPS) is 22.4. The predicted octanol–water partition coefficient (Wildman–Crippen LogP) is 5.58. The van der Waals surface area contributed by atoms with Crippen LogP contribution < -0.4 is 26.6 Å². The molecule has 4 amide bonds. The molecule has 5 aliphatic heterocycles. The molecular formula is C60H54N14O7. The molecule has 3 fully saturated rings. The maximum Gasteiger partial charge on any atom is 0.278 e. The minimum Gasteiger partial charge on any atom is -0.507 e. The first-order valence-corrected chi connectivity index (χ1v) is 27.9. The van der Waals surface area contributed by atoms with Crippen molar-refractivity contribution in [3.05, 3.63) is 122 Å². The number of amides is 4. The first kappa shape index (κ1) is 49.1. The summed E-state index contributed by atoms with van der Waals surface area (Å²) >= 11 is 0. The van der Waals surface area contributed by atoms with Gasteiger partial charge < -0.3 is 26.0 Å². The van der Waals surface area contributed by atoms with Gasteiger partial charge in [-0.1, -0.05) is 12.1 Å². The molecule has 406 valence electrons. The van der Waals surface area contributed by atoms with Crippen molar-refractivity contribution in [2.75, 3.05) is 31.5 Å². The van der Waals surface area contributed by atoms with Gasteiger partial charge in [0.15, 0.2) is 11.3 Å². The van der Waals surface area contributed by atoms with Crippen LogP contribution >= 0.6 is 0 Å². The van der Waals surface area contributed by atoms with Crippen LogP contribution in [0.1, 0.15) is 76.5 Å². The maximum atomic E-state index is 14.4. The summed E-state index contributed by atoms with van der Waals surface area (Å²) in [5, 5.41) is 42.1. The van der Waals surface area contributed by atoms with Crippen molar-refractivity contribution in [2.24, 2.45) is 0 Å². The van der Waals surface area contributed by atoms with Gasteiger partial charge in [0.2, 0.25) is 17.7 Å². The van der Waals surface area contributed by atoms with Gasteiger partial charge in [0.05, 0.1) is 56.6 Å². The number of nitrogens with one attached hydrogen (secondary N) is 5. The predicted molar refractivity (Wildman–Crippen MR) is 300 cm³/mol. The molecule has 2 aromatic carbocycles. The number of pyridine rings is 6. The van der Waals surface area contributed by atoms with Crippen LogP contribution in [0.2, 0.25) is 0 Å². The Morgan fingerprint density at radius 2 is 1.22 bits per heavy atom. The van der Waals surface area contributed by atoms with Crippen molar-refractivity contribution in [3.8, 4) is 51.0 Å². The minimum absolute atomic E-state index is 0.136. The third-order valence-corrected chi connectivity index (χ3v) is 17.5. The minimum atomic E-state index is -1.000. The summed E-state index contributed by atoms with van der Waals surface area (Å²) in [5.41, 5.74) is 12.6. The zero-order valence-electron chi connectivity index (χ0n) is 44.1. The van der Waals surface area contributed by atoms with Gasteiger partial charge in [0.25, 0.3) is 11.6 Å². The van der Waals surface area contributed by atoms with Crippen LogP contribution in [-0.2, 0) is 52.9 Å². The van der Waals surface area contributed by atoms with E-state index in [4.69, 9.17) is 29.9 Å². The van der Waals surface area contributed by atoms with Gasteiger partial charge in [0.1, 0.15) is 23.8 Å². The molecule has 3 aliphatic carbocycles. The molecule has 8 aromatic rings. The van der Waals surface area contributed by atoms with E-state index in [-0.39, 0.29) is 51.3 Å². The van der Waals surface area contributed by atoms with E-state index in [2.05, 4.69) is 49.7 Å². The summed E-state index contributed by atoms with van der Waals surface area (Å²) in [6.07, 6.45) is 8.02. The first-order valence-electron chi connectivity index (χ1n) is 27.9. The molecule has 16 rings (SSSR count). The van der Waals surface area contributed by atoms with E-state index in [1.165, 1.54) is 30.5 Å². The third kappa shape index (κ3) is 8.39. The molecule has 21 nitrogen and oxygen atoms in total. The molecule has 11 heterocycles. The van der Waals surface area contributed by atoms with Crippen molar-refractivity contribution in [1.82, 2.24) is 61.0 Å². The molecule has 81 heavy (non-hydrogen) atoms. The fourth-order valence-corrected chi connectivity index (χ4v) is 13.2. The second-order valence-corrected chi connectivity index (χ2v) is 22.6. The molecule has 0 spiro atoms. The summed E-state index contributed by atoms with van der Waals surface area (Å²) in [5.74, 6) is -1.58. The van der Waals surface area contributed by atoms with Crippen molar-refractivity contribution < 1.29 is 29.2 Å². The number of nitro groups is 1. The Hall–Kier alpha value is -8.92. The number of piperidine rings is 1. The van der Waals surface area contributed by atoms with Gasteiger partial charge in [0, 0.05) is 77.5 Å². The molecule has 5 unspecified atom stereocenters. The molecule has 3 saturated heterocycles. The molecule has 21 heteroatoms. The number of anilines is 1. The highest BCUT2D eigenvalue weighted by Crippen LogP contribution is 2.44. The van der Waals surface area contributed by atoms with Gasteiger partial charge in [-0.3, -0.25) is 44.8 Å². The van der Waals surface area contributed by atoms with Crippen molar-refractivity contribution in [2.45, 2.75) is 102 Å². The van der Waals surface area contributed by atoms with Crippen molar-refractivity contribution >= 4 is 67.8 Å². The largest absolute Gasteiger partial charge is 0.507 e. The summed E-state index contributed by atoms with van der Waals surface area (Å²) in [7, 11) is 0. The van der Waals surface area contributed by atoms with Gasteiger partial charge in [-0.2, -0.15) is 0 Å². The van der Waals surface area contributed by atoms with Crippen LogP contribution in [0.15, 0.2) is 72.9 Å². The highest BCUT2D eigenvalue weighted by Gasteiger charge is 2.39. The summed E-state index contributed by atoms with van der Waals surface area (Å²) in [6, 6.07) is 17.5. The lowest BCUT2D eigenvalue weighted by molar-refractivity contribution is -0.383. The lowest BCUT2D eigenvalue weighted by Crippen LogP contribution is -2.71. The highest BCUT2D eigenvalue weighted by atomic mass is 16.6. The molecular weight excluding hydrogens is 1030 g/mol. The van der Waals surface area contributed by atoms with E-state index in [1.54, 1.807) is 17.9 Å². The summed E-state index contributed by atoms with van der Waals surface area (Å²) in [6.45, 7) is 3.59. The quantitative estimate of drug-likeness (QED) is 0.0865. The van der Waals surface area contributed by atoms with E-state index >= 15 is 0 Å². The number of non-ortho nitro benzene ring substituents is 1. The van der Waals surface area contributed by atoms with Crippen LogP contribution in [0.4, 0.5) is 11.4 Å². The number of aromatic hydroxyl groups is 1. The second-order valence-electron chi connectivity index (χ2n) is 22.6. The van der Waals surface area contributed by atoms with Gasteiger partial charge in [-0.05, 0) is 153 Å². The lowest BCUT2D eigenvalue weighted by atomic mass is 9.86. The monoisotopic (exact) mass is 1080 g/mol. The SMILES string of the molecule is CC1NC(=O)C2CCN3CCC(NC3N2)C(=O)NC2CCCN(C2)C(=O)c2ccc3c(n2)-c2nc4nc5c(cc4cc2CC3)CCc2cc3c(nc2-5)-c2nc4ncc(cc4cc2CC3)-c2cc([N+](=O)[O-])c3ccc(cc3c2O)NC1=O. The average Bonchev–Trinajstić information content (AvgIpc) is 3.53. The number of rotatable bonds is 1. The summed E-state index contributed by atoms with van der Waals surface area (Å²) in [4.78, 5) is 103. The highest BCUT2D eigenvalue weighted by molar-refractivity contribution is 6.05. The van der Waals surface area contributed by atoms with E-state index in [0.717, 1.165) is 88.0 Å². The van der Waals surface area contributed by atoms with Crippen LogP contribution in [0.3, 0.4) is 0 Å². The van der Waals surface area contributed by atoms with Gasteiger partial charge in [-0.15, -0.1) is 0 Å². The molecule has 6 aromatic heterocycles. The molecule has 0 saturated carbocycles. The number of hydrogen-bond acceptors (Lipinski definition) is 16. The fourth-order valence-electron chi connectivity index (χ4n) is 13.2. The number of aryl methyl sites for hydroxylation is 6. The Kier molecular flexibility index (Phi) is 11.4. The Morgan fingerprint density at radius 1 is 0.617 bits per heavy atom. The Bertz CT molecular complexity index is 4130. The lowest BCUT2D eigenvalue weighted by Gasteiger charge is -2.45. The zero-order chi connectivity index (χ0) is 54.9. The van der Waals surface area contributed by atoms with Crippen molar-refractivity contribution in [3.63, 3.8) is 0 Å².